The monoisotopic (exact) mass is 327 g/mol. The normalized spacial score (nSPS) is 28.4. The smallest absolute Gasteiger partial charge is 0.203 e. The number of nitrogens with zero attached hydrogens (tertiary/aromatic N) is 2. The Kier molecular flexibility index (Phi) is 3.60. The lowest BCUT2D eigenvalue weighted by molar-refractivity contribution is -0.0336. The third-order valence-corrected chi connectivity index (χ3v) is 4.15. The average molecular weight is 327 g/mol. The van der Waals surface area contributed by atoms with Crippen LogP contribution in [0.25, 0.3) is 11.0 Å². The molecule has 0 radical (unpaired) electrons. The lowest BCUT2D eigenvalue weighted by atomic mass is 10.1. The molecule has 7 nitrogen and oxygen atoms in total. The van der Waals surface area contributed by atoms with E-state index in [1.165, 1.54) is 17.7 Å². The number of aliphatic hydroxyl groups is 2. The van der Waals surface area contributed by atoms with Crippen LogP contribution >= 0.6 is 12.2 Å². The Morgan fingerprint density at radius 1 is 1.45 bits per heavy atom. The molecule has 22 heavy (non-hydrogen) atoms. The molecular weight excluding hydrogens is 313 g/mol. The first-order valence-corrected chi connectivity index (χ1v) is 7.05. The Bertz CT molecular complexity index is 865. The van der Waals surface area contributed by atoms with Gasteiger partial charge >= 0.3 is 0 Å². The number of hydrogen-bond acceptors (Lipinski definition) is 6. The maximum Gasteiger partial charge on any atom is 0.203 e. The average Bonchev–Trinajstić information content (AvgIpc) is 2.72. The fraction of sp³-hybridized carbons (Fsp3) is 0.462. The molecule has 0 aliphatic carbocycles. The van der Waals surface area contributed by atoms with Crippen LogP contribution in [0.1, 0.15) is 18.7 Å². The van der Waals surface area contributed by atoms with Crippen molar-refractivity contribution in [3.05, 3.63) is 32.7 Å². The first-order valence-electron chi connectivity index (χ1n) is 6.64. The second kappa shape index (κ2) is 5.20. The molecule has 9 heteroatoms. The van der Waals surface area contributed by atoms with Crippen molar-refractivity contribution in [2.24, 2.45) is 0 Å². The van der Waals surface area contributed by atoms with Gasteiger partial charge in [0.25, 0.3) is 0 Å². The van der Waals surface area contributed by atoms with Gasteiger partial charge in [-0.25, -0.2) is 4.98 Å². The SMILES string of the molecule is Cc1c(F)[nH]c2nc(=S)n([C@@H]3O[C@H](C)C(O)[C@@H]3O)cc2c1=O. The molecule has 1 aliphatic rings. The molecule has 3 rings (SSSR count). The number of hydrogen-bond donors (Lipinski definition) is 3. The second-order valence-corrected chi connectivity index (χ2v) is 5.66. The molecule has 4 atom stereocenters. The maximum atomic E-state index is 13.6. The zero-order valence-corrected chi connectivity index (χ0v) is 12.6. The molecular formula is C13H14FN3O4S. The van der Waals surface area contributed by atoms with E-state index in [4.69, 9.17) is 17.0 Å². The lowest BCUT2D eigenvalue weighted by Gasteiger charge is -2.18. The summed E-state index contributed by atoms with van der Waals surface area (Å²) in [6.07, 6.45) is -2.48. The summed E-state index contributed by atoms with van der Waals surface area (Å²) in [6.45, 7) is 2.96. The molecule has 1 unspecified atom stereocenters. The van der Waals surface area contributed by atoms with Gasteiger partial charge in [0.05, 0.1) is 17.1 Å². The molecule has 0 aromatic carbocycles. The van der Waals surface area contributed by atoms with E-state index in [9.17, 15) is 19.4 Å². The van der Waals surface area contributed by atoms with Gasteiger partial charge in [-0.3, -0.25) is 9.36 Å². The summed E-state index contributed by atoms with van der Waals surface area (Å²) in [7, 11) is 0. The van der Waals surface area contributed by atoms with Crippen LogP contribution < -0.4 is 5.43 Å². The van der Waals surface area contributed by atoms with E-state index in [0.29, 0.717) is 0 Å². The van der Waals surface area contributed by atoms with Crippen LogP contribution in [0.5, 0.6) is 0 Å². The van der Waals surface area contributed by atoms with Gasteiger partial charge < -0.3 is 19.9 Å². The van der Waals surface area contributed by atoms with Crippen LogP contribution in [0.3, 0.4) is 0 Å². The Hall–Kier alpha value is -1.68. The quantitative estimate of drug-likeness (QED) is 0.522. The molecule has 1 saturated heterocycles. The number of H-pyrrole nitrogens is 1. The third kappa shape index (κ3) is 2.17. The van der Waals surface area contributed by atoms with Crippen molar-refractivity contribution in [1.82, 2.24) is 14.5 Å². The van der Waals surface area contributed by atoms with Crippen LogP contribution in [-0.4, -0.2) is 43.1 Å². The highest BCUT2D eigenvalue weighted by atomic mass is 32.1. The van der Waals surface area contributed by atoms with Crippen LogP contribution in [0.4, 0.5) is 4.39 Å². The Balaban J connectivity index is 2.22. The summed E-state index contributed by atoms with van der Waals surface area (Å²) >= 11 is 5.10. The minimum absolute atomic E-state index is 0.00301. The number of nitrogens with one attached hydrogen (secondary N) is 1. The molecule has 3 N–H and O–H groups in total. The summed E-state index contributed by atoms with van der Waals surface area (Å²) in [5.41, 5.74) is -0.571. The highest BCUT2D eigenvalue weighted by Gasteiger charge is 2.41. The summed E-state index contributed by atoms with van der Waals surface area (Å²) in [5, 5.41) is 19.9. The fourth-order valence-electron chi connectivity index (χ4n) is 2.47. The van der Waals surface area contributed by atoms with Crippen molar-refractivity contribution in [1.29, 1.82) is 0 Å². The Morgan fingerprint density at radius 3 is 2.73 bits per heavy atom. The van der Waals surface area contributed by atoms with Crippen LogP contribution in [0.2, 0.25) is 0 Å². The van der Waals surface area contributed by atoms with Crippen molar-refractivity contribution in [3.63, 3.8) is 0 Å². The first-order chi connectivity index (χ1) is 10.3. The lowest BCUT2D eigenvalue weighted by Crippen LogP contribution is -2.31. The predicted molar refractivity (Wildman–Crippen MR) is 77.5 cm³/mol. The molecule has 0 spiro atoms. The molecule has 1 aliphatic heterocycles. The zero-order valence-electron chi connectivity index (χ0n) is 11.8. The number of fused-ring (bicyclic) bond motifs is 1. The van der Waals surface area contributed by atoms with Gasteiger partial charge in [0.15, 0.2) is 17.6 Å². The second-order valence-electron chi connectivity index (χ2n) is 5.30. The number of aromatic amines is 1. The minimum Gasteiger partial charge on any atom is -0.388 e. The van der Waals surface area contributed by atoms with E-state index < -0.39 is 35.9 Å². The summed E-state index contributed by atoms with van der Waals surface area (Å²) in [4.78, 5) is 18.5. The number of ether oxygens (including phenoxy) is 1. The number of pyridine rings is 1. The van der Waals surface area contributed by atoms with Gasteiger partial charge in [0, 0.05) is 6.20 Å². The van der Waals surface area contributed by atoms with Gasteiger partial charge in [0.2, 0.25) is 4.77 Å². The molecule has 3 heterocycles. The molecule has 1 fully saturated rings. The molecule has 2 aromatic rings. The highest BCUT2D eigenvalue weighted by molar-refractivity contribution is 7.71. The van der Waals surface area contributed by atoms with Gasteiger partial charge in [-0.15, -0.1) is 0 Å². The van der Waals surface area contributed by atoms with E-state index >= 15 is 0 Å². The topological polar surface area (TPSA) is 100 Å². The summed E-state index contributed by atoms with van der Waals surface area (Å²) in [6, 6.07) is 0. The summed E-state index contributed by atoms with van der Waals surface area (Å²) in [5.74, 6) is -0.765. The van der Waals surface area contributed by atoms with Crippen molar-refractivity contribution >= 4 is 23.3 Å². The molecule has 0 amide bonds. The van der Waals surface area contributed by atoms with Crippen molar-refractivity contribution in [2.75, 3.05) is 0 Å². The Labute approximate surface area is 129 Å². The number of rotatable bonds is 1. The van der Waals surface area contributed by atoms with Crippen LogP contribution in [0.15, 0.2) is 11.0 Å². The third-order valence-electron chi connectivity index (χ3n) is 3.85. The van der Waals surface area contributed by atoms with Gasteiger partial charge in [-0.1, -0.05) is 0 Å². The van der Waals surface area contributed by atoms with Crippen LogP contribution in [-0.2, 0) is 4.74 Å². The van der Waals surface area contributed by atoms with Gasteiger partial charge in [-0.05, 0) is 26.1 Å². The van der Waals surface area contributed by atoms with E-state index in [0.717, 1.165) is 0 Å². The molecule has 0 saturated carbocycles. The maximum absolute atomic E-state index is 13.6. The molecule has 118 valence electrons. The number of halogens is 1. The number of aliphatic hydroxyl groups excluding tert-OH is 2. The molecule has 0 bridgehead atoms. The summed E-state index contributed by atoms with van der Waals surface area (Å²) < 4.78 is 20.3. The fourth-order valence-corrected chi connectivity index (χ4v) is 2.72. The first kappa shape index (κ1) is 15.2. The van der Waals surface area contributed by atoms with E-state index in [1.807, 2.05) is 0 Å². The number of aromatic nitrogens is 3. The van der Waals surface area contributed by atoms with Gasteiger partial charge in [0.1, 0.15) is 17.9 Å². The zero-order chi connectivity index (χ0) is 16.2. The van der Waals surface area contributed by atoms with Crippen molar-refractivity contribution in [2.45, 2.75) is 38.4 Å². The largest absolute Gasteiger partial charge is 0.388 e. The van der Waals surface area contributed by atoms with Crippen molar-refractivity contribution in [3.8, 4) is 0 Å². The highest BCUT2D eigenvalue weighted by Crippen LogP contribution is 2.29. The van der Waals surface area contributed by atoms with Gasteiger partial charge in [-0.2, -0.15) is 4.39 Å². The van der Waals surface area contributed by atoms with Crippen molar-refractivity contribution < 1.29 is 19.3 Å². The predicted octanol–water partition coefficient (Wildman–Crippen LogP) is 0.541. The van der Waals surface area contributed by atoms with E-state index in [2.05, 4.69) is 9.97 Å². The van der Waals surface area contributed by atoms with E-state index in [1.54, 1.807) is 6.92 Å². The minimum atomic E-state index is -1.21. The Morgan fingerprint density at radius 2 is 2.14 bits per heavy atom. The van der Waals surface area contributed by atoms with Crippen LogP contribution in [0, 0.1) is 17.6 Å². The molecule has 2 aromatic heterocycles. The standard InChI is InChI=1S/C13H14FN3O4S/c1-4-7(18)6-3-17(12-9(20)8(19)5(2)21-12)13(22)16-11(6)15-10(4)14/h3,5,8-9,12,19-20H,1-2H3,(H,15,16,22)/t5-,8?,9+,12-/m1/s1. The van der Waals surface area contributed by atoms with E-state index in [-0.39, 0.29) is 21.4 Å².